The van der Waals surface area contributed by atoms with Crippen molar-refractivity contribution in [3.63, 3.8) is 0 Å². The number of aliphatic hydroxyl groups excluding tert-OH is 1. The van der Waals surface area contributed by atoms with Gasteiger partial charge in [-0.15, -0.1) is 0 Å². The number of hydrogen-bond donors (Lipinski definition) is 3. The summed E-state index contributed by atoms with van der Waals surface area (Å²) in [7, 11) is 0. The number of hydrogen-bond acceptors (Lipinski definition) is 4. The Morgan fingerprint density at radius 2 is 1.96 bits per heavy atom. The number of aliphatic hydroxyl groups is 1. The van der Waals surface area contributed by atoms with Crippen molar-refractivity contribution in [3.05, 3.63) is 57.2 Å². The first-order chi connectivity index (χ1) is 11.5. The third-order valence-electron chi connectivity index (χ3n) is 3.51. The number of aromatic hydroxyl groups is 1. The number of phenolic OH excluding ortho intramolecular Hbond substituents is 1. The quantitative estimate of drug-likeness (QED) is 0.582. The Labute approximate surface area is 154 Å². The first-order valence-electron chi connectivity index (χ1n) is 7.63. The number of carbonyl (C=O) groups is 1. The summed E-state index contributed by atoms with van der Waals surface area (Å²) in [6, 6.07) is 12.5. The zero-order chi connectivity index (χ0) is 17.5. The van der Waals surface area contributed by atoms with Gasteiger partial charge in [-0.25, -0.2) is 4.79 Å². The molecule has 0 saturated heterocycles. The molecule has 0 aromatic heterocycles. The van der Waals surface area contributed by atoms with Gasteiger partial charge < -0.3 is 14.9 Å². The number of benzene rings is 2. The van der Waals surface area contributed by atoms with Crippen molar-refractivity contribution in [1.82, 2.24) is 0 Å². The number of carbonyl (C=O) groups excluding carboxylic acids is 1. The van der Waals surface area contributed by atoms with Crippen LogP contribution in [-0.4, -0.2) is 22.9 Å². The van der Waals surface area contributed by atoms with Gasteiger partial charge in [0.05, 0.1) is 0 Å². The molecule has 2 rings (SSSR count). The van der Waals surface area contributed by atoms with Gasteiger partial charge in [-0.1, -0.05) is 17.7 Å². The van der Waals surface area contributed by atoms with Crippen LogP contribution in [0.2, 0.25) is 0 Å². The number of rotatable bonds is 6. The van der Waals surface area contributed by atoms with Gasteiger partial charge >= 0.3 is 6.09 Å². The molecule has 1 atom stereocenters. The molecule has 0 fully saturated rings. The third-order valence-corrected chi connectivity index (χ3v) is 4.18. The van der Waals surface area contributed by atoms with E-state index in [-0.39, 0.29) is 12.4 Å². The van der Waals surface area contributed by atoms with E-state index in [0.717, 1.165) is 9.13 Å². The molecule has 0 bridgehead atoms. The minimum Gasteiger partial charge on any atom is -0.508 e. The van der Waals surface area contributed by atoms with E-state index < -0.39 is 12.2 Å². The maximum atomic E-state index is 12.2. The van der Waals surface area contributed by atoms with Crippen molar-refractivity contribution in [1.29, 1.82) is 0 Å². The monoisotopic (exact) mass is 441 g/mol. The number of ether oxygens (including phenoxy) is 1. The lowest BCUT2D eigenvalue weighted by molar-refractivity contribution is 0.0979. The number of phenols is 1. The topological polar surface area (TPSA) is 78.8 Å². The van der Waals surface area contributed by atoms with Gasteiger partial charge in [0.1, 0.15) is 11.9 Å². The van der Waals surface area contributed by atoms with E-state index >= 15 is 0 Å². The molecule has 0 unspecified atom stereocenters. The summed E-state index contributed by atoms with van der Waals surface area (Å²) in [5.74, 6) is 0.0708. The van der Waals surface area contributed by atoms with Crippen LogP contribution in [0.1, 0.15) is 30.1 Å². The highest BCUT2D eigenvalue weighted by molar-refractivity contribution is 14.1. The SMILES string of the molecule is Cc1ccc(NC(=O)O[C@@H](CCCO)c2cc(I)ccc2O)cc1. The highest BCUT2D eigenvalue weighted by atomic mass is 127. The minimum atomic E-state index is -0.627. The van der Waals surface area contributed by atoms with Gasteiger partial charge in [-0.3, -0.25) is 5.32 Å². The third kappa shape index (κ3) is 5.38. The summed E-state index contributed by atoms with van der Waals surface area (Å²) >= 11 is 2.13. The van der Waals surface area contributed by atoms with Crippen molar-refractivity contribution in [2.75, 3.05) is 11.9 Å². The molecule has 0 spiro atoms. The van der Waals surface area contributed by atoms with E-state index in [4.69, 9.17) is 9.84 Å². The molecule has 3 N–H and O–H groups in total. The summed E-state index contributed by atoms with van der Waals surface area (Å²) < 4.78 is 6.41. The van der Waals surface area contributed by atoms with E-state index in [0.29, 0.717) is 24.1 Å². The van der Waals surface area contributed by atoms with Crippen LogP contribution in [0.3, 0.4) is 0 Å². The largest absolute Gasteiger partial charge is 0.508 e. The van der Waals surface area contributed by atoms with Gasteiger partial charge in [0.15, 0.2) is 0 Å². The van der Waals surface area contributed by atoms with Gasteiger partial charge in [0, 0.05) is 21.4 Å². The van der Waals surface area contributed by atoms with Gasteiger partial charge in [0.25, 0.3) is 0 Å². The van der Waals surface area contributed by atoms with Gasteiger partial charge in [-0.2, -0.15) is 0 Å². The second kappa shape index (κ2) is 8.89. The number of aryl methyl sites for hydroxylation is 1. The fourth-order valence-electron chi connectivity index (χ4n) is 2.25. The second-order valence-electron chi connectivity index (χ2n) is 5.45. The second-order valence-corrected chi connectivity index (χ2v) is 6.70. The van der Waals surface area contributed by atoms with Crippen LogP contribution in [0, 0.1) is 10.5 Å². The van der Waals surface area contributed by atoms with Crippen molar-refractivity contribution in [3.8, 4) is 5.75 Å². The van der Waals surface area contributed by atoms with Crippen LogP contribution < -0.4 is 5.32 Å². The normalized spacial score (nSPS) is 11.8. The summed E-state index contributed by atoms with van der Waals surface area (Å²) in [5.41, 5.74) is 2.27. The predicted octanol–water partition coefficient (Wildman–Crippen LogP) is 4.37. The Bertz CT molecular complexity index is 688. The molecule has 0 aliphatic heterocycles. The molecule has 2 aromatic carbocycles. The maximum absolute atomic E-state index is 12.2. The molecule has 0 saturated carbocycles. The molecule has 0 heterocycles. The average molecular weight is 441 g/mol. The molecule has 1 amide bonds. The van der Waals surface area contributed by atoms with Gasteiger partial charge in [0.2, 0.25) is 0 Å². The van der Waals surface area contributed by atoms with Crippen molar-refractivity contribution < 1.29 is 19.7 Å². The first kappa shape index (κ1) is 18.5. The summed E-state index contributed by atoms with van der Waals surface area (Å²) in [6.45, 7) is 1.96. The van der Waals surface area contributed by atoms with E-state index in [1.165, 1.54) is 0 Å². The van der Waals surface area contributed by atoms with Crippen LogP contribution in [0.5, 0.6) is 5.75 Å². The standard InChI is InChI=1S/C18H20INO4/c1-12-4-7-14(8-5-12)20-18(23)24-17(3-2-10-21)15-11-13(19)6-9-16(15)22/h4-9,11,17,21-22H,2-3,10H2,1H3,(H,20,23)/t17-/m0/s1. The highest BCUT2D eigenvalue weighted by Crippen LogP contribution is 2.32. The van der Waals surface area contributed by atoms with E-state index in [1.807, 2.05) is 19.1 Å². The Hall–Kier alpha value is -1.80. The Kier molecular flexibility index (Phi) is 6.86. The van der Waals surface area contributed by atoms with Crippen LogP contribution in [0.25, 0.3) is 0 Å². The lowest BCUT2D eigenvalue weighted by atomic mass is 10.0. The summed E-state index contributed by atoms with van der Waals surface area (Å²) in [5, 5.41) is 21.8. The highest BCUT2D eigenvalue weighted by Gasteiger charge is 2.20. The molecule has 128 valence electrons. The van der Waals surface area contributed by atoms with Crippen LogP contribution in [-0.2, 0) is 4.74 Å². The Morgan fingerprint density at radius 1 is 1.25 bits per heavy atom. The lowest BCUT2D eigenvalue weighted by Crippen LogP contribution is -2.18. The van der Waals surface area contributed by atoms with E-state index in [2.05, 4.69) is 27.9 Å². The first-order valence-corrected chi connectivity index (χ1v) is 8.71. The average Bonchev–Trinajstić information content (AvgIpc) is 2.56. The van der Waals surface area contributed by atoms with Crippen LogP contribution in [0.15, 0.2) is 42.5 Å². The molecule has 5 nitrogen and oxygen atoms in total. The molecular formula is C18H20INO4. The molecule has 0 aliphatic rings. The number of anilines is 1. The molecule has 0 aliphatic carbocycles. The molecular weight excluding hydrogens is 421 g/mol. The lowest BCUT2D eigenvalue weighted by Gasteiger charge is -2.19. The summed E-state index contributed by atoms with van der Waals surface area (Å²) in [4.78, 5) is 12.2. The molecule has 6 heteroatoms. The molecule has 24 heavy (non-hydrogen) atoms. The van der Waals surface area contributed by atoms with Crippen molar-refractivity contribution in [2.45, 2.75) is 25.9 Å². The Morgan fingerprint density at radius 3 is 2.62 bits per heavy atom. The van der Waals surface area contributed by atoms with Crippen molar-refractivity contribution in [2.24, 2.45) is 0 Å². The van der Waals surface area contributed by atoms with Crippen LogP contribution >= 0.6 is 22.6 Å². The van der Waals surface area contributed by atoms with Crippen LogP contribution in [0.4, 0.5) is 10.5 Å². The number of amides is 1. The Balaban J connectivity index is 2.11. The maximum Gasteiger partial charge on any atom is 0.412 e. The van der Waals surface area contributed by atoms with E-state index in [1.54, 1.807) is 30.3 Å². The fraction of sp³-hybridized carbons (Fsp3) is 0.278. The van der Waals surface area contributed by atoms with E-state index in [9.17, 15) is 9.90 Å². The zero-order valence-corrected chi connectivity index (χ0v) is 15.5. The number of nitrogens with one attached hydrogen (secondary N) is 1. The fourth-order valence-corrected chi connectivity index (χ4v) is 2.77. The predicted molar refractivity (Wildman–Crippen MR) is 101 cm³/mol. The zero-order valence-electron chi connectivity index (χ0n) is 13.3. The minimum absolute atomic E-state index is 0.00979. The molecule has 2 aromatic rings. The smallest absolute Gasteiger partial charge is 0.412 e. The summed E-state index contributed by atoms with van der Waals surface area (Å²) in [6.07, 6.45) is -0.337. The number of halogens is 1. The van der Waals surface area contributed by atoms with Gasteiger partial charge in [-0.05, 0) is 72.7 Å². The van der Waals surface area contributed by atoms with Crippen molar-refractivity contribution >= 4 is 34.4 Å². The molecule has 0 radical (unpaired) electrons.